The van der Waals surface area contributed by atoms with E-state index in [-0.39, 0.29) is 11.3 Å². The van der Waals surface area contributed by atoms with Gasteiger partial charge >= 0.3 is 0 Å². The fourth-order valence-electron chi connectivity index (χ4n) is 1.54. The van der Waals surface area contributed by atoms with Gasteiger partial charge in [0.1, 0.15) is 5.75 Å². The van der Waals surface area contributed by atoms with Crippen molar-refractivity contribution in [3.05, 3.63) is 23.2 Å². The Morgan fingerprint density at radius 1 is 1.45 bits per heavy atom. The Bertz CT molecular complexity index is 469. The van der Waals surface area contributed by atoms with E-state index in [1.165, 1.54) is 0 Å². The maximum atomic E-state index is 12.2. The van der Waals surface area contributed by atoms with E-state index in [0.717, 1.165) is 6.42 Å². The Hall–Kier alpha value is -1.26. The second-order valence-corrected chi connectivity index (χ2v) is 6.26. The highest BCUT2D eigenvalue weighted by Gasteiger charge is 2.28. The van der Waals surface area contributed by atoms with Gasteiger partial charge in [0.2, 0.25) is 5.91 Å². The van der Waals surface area contributed by atoms with E-state index in [1.807, 2.05) is 27.7 Å². The molecule has 3 N–H and O–H groups in total. The van der Waals surface area contributed by atoms with E-state index in [9.17, 15) is 4.79 Å². The van der Waals surface area contributed by atoms with Crippen LogP contribution in [-0.2, 0) is 4.79 Å². The third-order valence-corrected chi connectivity index (χ3v) is 3.11. The number of hydrogen-bond acceptors (Lipinski definition) is 3. The molecule has 0 heterocycles. The summed E-state index contributed by atoms with van der Waals surface area (Å²) in [4.78, 5) is 12.2. The molecule has 1 atom stereocenters. The van der Waals surface area contributed by atoms with Crippen LogP contribution in [0.2, 0.25) is 5.02 Å². The summed E-state index contributed by atoms with van der Waals surface area (Å²) in [6.07, 6.45) is 0.886. The molecular formula is C15H23ClN2O2. The number of rotatable bonds is 5. The molecule has 1 aromatic carbocycles. The Morgan fingerprint density at radius 2 is 2.10 bits per heavy atom. The molecule has 1 aromatic rings. The van der Waals surface area contributed by atoms with Gasteiger partial charge in [-0.25, -0.2) is 0 Å². The van der Waals surface area contributed by atoms with E-state index < -0.39 is 6.04 Å². The van der Waals surface area contributed by atoms with Crippen LogP contribution in [0.5, 0.6) is 5.75 Å². The summed E-state index contributed by atoms with van der Waals surface area (Å²) in [5.41, 5.74) is 6.18. The monoisotopic (exact) mass is 298 g/mol. The van der Waals surface area contributed by atoms with Gasteiger partial charge in [0.15, 0.2) is 0 Å². The highest BCUT2D eigenvalue weighted by Crippen LogP contribution is 2.29. The number of amides is 1. The van der Waals surface area contributed by atoms with Crippen LogP contribution in [0.4, 0.5) is 5.69 Å². The Kier molecular flexibility index (Phi) is 5.84. The lowest BCUT2D eigenvalue weighted by atomic mass is 9.87. The summed E-state index contributed by atoms with van der Waals surface area (Å²) in [5.74, 6) is 0.354. The van der Waals surface area contributed by atoms with Gasteiger partial charge in [-0.2, -0.15) is 0 Å². The molecule has 20 heavy (non-hydrogen) atoms. The summed E-state index contributed by atoms with van der Waals surface area (Å²) in [6, 6.07) is 4.53. The molecule has 0 saturated heterocycles. The van der Waals surface area contributed by atoms with Crippen molar-refractivity contribution in [3.8, 4) is 5.75 Å². The van der Waals surface area contributed by atoms with Crippen LogP contribution in [0.15, 0.2) is 18.2 Å². The zero-order valence-electron chi connectivity index (χ0n) is 12.5. The molecule has 112 valence electrons. The van der Waals surface area contributed by atoms with E-state index in [1.54, 1.807) is 18.2 Å². The molecule has 0 radical (unpaired) electrons. The van der Waals surface area contributed by atoms with Gasteiger partial charge in [-0.1, -0.05) is 39.3 Å². The van der Waals surface area contributed by atoms with Crippen molar-refractivity contribution in [2.24, 2.45) is 11.1 Å². The van der Waals surface area contributed by atoms with Gasteiger partial charge < -0.3 is 15.8 Å². The van der Waals surface area contributed by atoms with Crippen LogP contribution in [0, 0.1) is 5.41 Å². The normalized spacial score (nSPS) is 12.9. The van der Waals surface area contributed by atoms with Crippen LogP contribution < -0.4 is 15.8 Å². The fourth-order valence-corrected chi connectivity index (χ4v) is 1.71. The molecule has 1 unspecified atom stereocenters. The minimum atomic E-state index is -0.611. The third-order valence-electron chi connectivity index (χ3n) is 2.88. The Balaban J connectivity index is 2.90. The maximum Gasteiger partial charge on any atom is 0.241 e. The maximum absolute atomic E-state index is 12.2. The molecule has 0 aliphatic carbocycles. The van der Waals surface area contributed by atoms with Crippen LogP contribution in [0.25, 0.3) is 0 Å². The molecule has 0 spiro atoms. The number of halogens is 1. The number of ether oxygens (including phenoxy) is 1. The summed E-state index contributed by atoms with van der Waals surface area (Å²) >= 11 is 5.97. The smallest absolute Gasteiger partial charge is 0.241 e. The van der Waals surface area contributed by atoms with Gasteiger partial charge in [0, 0.05) is 5.02 Å². The molecule has 0 aliphatic rings. The first-order valence-electron chi connectivity index (χ1n) is 6.74. The second kappa shape index (κ2) is 6.95. The predicted molar refractivity (Wildman–Crippen MR) is 83.3 cm³/mol. The van der Waals surface area contributed by atoms with Crippen molar-refractivity contribution in [3.63, 3.8) is 0 Å². The summed E-state index contributed by atoms with van der Waals surface area (Å²) in [7, 11) is 0. The van der Waals surface area contributed by atoms with E-state index in [4.69, 9.17) is 22.1 Å². The molecule has 0 aromatic heterocycles. The first kappa shape index (κ1) is 16.8. The van der Waals surface area contributed by atoms with Gasteiger partial charge in [-0.05, 0) is 30.0 Å². The van der Waals surface area contributed by atoms with Crippen molar-refractivity contribution in [1.29, 1.82) is 0 Å². The molecule has 0 bridgehead atoms. The fraction of sp³-hybridized carbons (Fsp3) is 0.533. The van der Waals surface area contributed by atoms with Crippen molar-refractivity contribution < 1.29 is 9.53 Å². The lowest BCUT2D eigenvalue weighted by Gasteiger charge is -2.26. The largest absolute Gasteiger partial charge is 0.491 e. The van der Waals surface area contributed by atoms with Crippen molar-refractivity contribution in [1.82, 2.24) is 0 Å². The van der Waals surface area contributed by atoms with E-state index >= 15 is 0 Å². The SMILES string of the molecule is CCCOc1ccc(Cl)cc1NC(=O)C(N)C(C)(C)C. The molecule has 4 nitrogen and oxygen atoms in total. The molecule has 0 saturated carbocycles. The minimum Gasteiger partial charge on any atom is -0.491 e. The number of nitrogens with one attached hydrogen (secondary N) is 1. The lowest BCUT2D eigenvalue weighted by Crippen LogP contribution is -2.45. The molecule has 0 aliphatic heterocycles. The topological polar surface area (TPSA) is 64.3 Å². The van der Waals surface area contributed by atoms with Gasteiger partial charge in [-0.3, -0.25) is 4.79 Å². The number of nitrogens with two attached hydrogens (primary N) is 1. The predicted octanol–water partition coefficient (Wildman–Crippen LogP) is 3.44. The summed E-state index contributed by atoms with van der Waals surface area (Å²) in [6.45, 7) is 8.36. The molecule has 5 heteroatoms. The quantitative estimate of drug-likeness (QED) is 0.875. The first-order chi connectivity index (χ1) is 9.25. The summed E-state index contributed by atoms with van der Waals surface area (Å²) in [5, 5.41) is 3.33. The number of anilines is 1. The van der Waals surface area contributed by atoms with Crippen molar-refractivity contribution in [2.75, 3.05) is 11.9 Å². The zero-order valence-corrected chi connectivity index (χ0v) is 13.3. The third kappa shape index (κ3) is 4.69. The highest BCUT2D eigenvalue weighted by molar-refractivity contribution is 6.31. The zero-order chi connectivity index (χ0) is 15.3. The van der Waals surface area contributed by atoms with E-state index in [2.05, 4.69) is 5.32 Å². The van der Waals surface area contributed by atoms with Crippen molar-refractivity contribution >= 4 is 23.2 Å². The number of carbonyl (C=O) groups is 1. The lowest BCUT2D eigenvalue weighted by molar-refractivity contribution is -0.119. The first-order valence-corrected chi connectivity index (χ1v) is 7.12. The van der Waals surface area contributed by atoms with Gasteiger partial charge in [-0.15, -0.1) is 0 Å². The summed E-state index contributed by atoms with van der Waals surface area (Å²) < 4.78 is 5.59. The van der Waals surface area contributed by atoms with Gasteiger partial charge in [0.05, 0.1) is 18.3 Å². The Morgan fingerprint density at radius 3 is 2.65 bits per heavy atom. The second-order valence-electron chi connectivity index (χ2n) is 5.82. The highest BCUT2D eigenvalue weighted by atomic mass is 35.5. The van der Waals surface area contributed by atoms with Crippen LogP contribution in [-0.4, -0.2) is 18.6 Å². The van der Waals surface area contributed by atoms with Crippen molar-refractivity contribution in [2.45, 2.75) is 40.2 Å². The number of benzene rings is 1. The number of carbonyl (C=O) groups excluding carboxylic acids is 1. The molecular weight excluding hydrogens is 276 g/mol. The average Bonchev–Trinajstić information content (AvgIpc) is 2.35. The van der Waals surface area contributed by atoms with E-state index in [0.29, 0.717) is 23.1 Å². The Labute approximate surface area is 125 Å². The molecule has 1 amide bonds. The average molecular weight is 299 g/mol. The minimum absolute atomic E-state index is 0.249. The van der Waals surface area contributed by atoms with Crippen LogP contribution in [0.3, 0.4) is 0 Å². The molecule has 1 rings (SSSR count). The number of hydrogen-bond donors (Lipinski definition) is 2. The standard InChI is InChI=1S/C15H23ClN2O2/c1-5-8-20-12-7-6-10(16)9-11(12)18-14(19)13(17)15(2,3)4/h6-7,9,13H,5,8,17H2,1-4H3,(H,18,19). The molecule has 0 fully saturated rings. The van der Waals surface area contributed by atoms with Gasteiger partial charge in [0.25, 0.3) is 0 Å². The van der Waals surface area contributed by atoms with Crippen LogP contribution >= 0.6 is 11.6 Å². The van der Waals surface area contributed by atoms with Crippen LogP contribution in [0.1, 0.15) is 34.1 Å².